The summed E-state index contributed by atoms with van der Waals surface area (Å²) in [5, 5.41) is 10.3. The van der Waals surface area contributed by atoms with Crippen LogP contribution < -0.4 is 5.32 Å². The normalized spacial score (nSPS) is 20.4. The first kappa shape index (κ1) is 13.0. The molecule has 0 bridgehead atoms. The number of rotatable bonds is 5. The van der Waals surface area contributed by atoms with Gasteiger partial charge < -0.3 is 10.4 Å². The number of aliphatic hydroxyl groups is 1. The van der Waals surface area contributed by atoms with E-state index in [9.17, 15) is 14.4 Å². The van der Waals surface area contributed by atoms with Crippen molar-refractivity contribution in [1.29, 1.82) is 0 Å². The zero-order chi connectivity index (χ0) is 12.1. The van der Waals surface area contributed by atoms with Gasteiger partial charge in [0.05, 0.1) is 11.9 Å². The topological polar surface area (TPSA) is 86.7 Å². The van der Waals surface area contributed by atoms with Crippen LogP contribution in [0.5, 0.6) is 0 Å². The van der Waals surface area contributed by atoms with Gasteiger partial charge in [0, 0.05) is 25.9 Å². The molecular weight excluding hydrogens is 232 g/mol. The minimum Gasteiger partial charge on any atom is -0.395 e. The summed E-state index contributed by atoms with van der Waals surface area (Å²) < 4.78 is 0. The van der Waals surface area contributed by atoms with Gasteiger partial charge in [-0.3, -0.25) is 19.3 Å². The molecule has 1 heterocycles. The van der Waals surface area contributed by atoms with Gasteiger partial charge >= 0.3 is 0 Å². The molecule has 16 heavy (non-hydrogen) atoms. The Morgan fingerprint density at radius 1 is 1.56 bits per heavy atom. The molecular formula is C9H14N2O4S. The fourth-order valence-corrected chi connectivity index (χ4v) is 1.69. The maximum atomic E-state index is 11.4. The van der Waals surface area contributed by atoms with Crippen molar-refractivity contribution in [2.45, 2.75) is 18.1 Å². The lowest BCUT2D eigenvalue weighted by atomic mass is 10.3. The Hall–Kier alpha value is -1.08. The van der Waals surface area contributed by atoms with Crippen molar-refractivity contribution in [3.8, 4) is 0 Å². The van der Waals surface area contributed by atoms with E-state index in [-0.39, 0.29) is 50.3 Å². The van der Waals surface area contributed by atoms with Crippen molar-refractivity contribution in [2.75, 3.05) is 19.7 Å². The lowest BCUT2D eigenvalue weighted by Crippen LogP contribution is -2.35. The first-order valence-corrected chi connectivity index (χ1v) is 5.47. The molecule has 0 aromatic carbocycles. The number of nitrogens with zero attached hydrogens (tertiary/aromatic N) is 1. The molecule has 7 heteroatoms. The molecule has 1 aliphatic rings. The number of carbonyl (C=O) groups is 3. The Morgan fingerprint density at radius 3 is 2.75 bits per heavy atom. The molecule has 0 saturated carbocycles. The molecule has 1 fully saturated rings. The summed E-state index contributed by atoms with van der Waals surface area (Å²) in [4.78, 5) is 34.9. The lowest BCUT2D eigenvalue weighted by molar-refractivity contribution is -0.138. The fraction of sp³-hybridized carbons (Fsp3) is 0.667. The monoisotopic (exact) mass is 246 g/mol. The third-order valence-electron chi connectivity index (χ3n) is 2.22. The molecule has 90 valence electrons. The summed E-state index contributed by atoms with van der Waals surface area (Å²) in [6.45, 7) is 0.119. The number of amides is 3. The first-order valence-electron chi connectivity index (χ1n) is 4.96. The Labute approximate surface area is 98.4 Å². The molecule has 1 saturated heterocycles. The number of nitrogens with one attached hydrogen (secondary N) is 1. The SMILES string of the molecule is O=C(CCN1C(=O)CC(S)C1=O)NCCO. The van der Waals surface area contributed by atoms with Crippen molar-refractivity contribution in [1.82, 2.24) is 10.2 Å². The van der Waals surface area contributed by atoms with Crippen LogP contribution in [0.3, 0.4) is 0 Å². The van der Waals surface area contributed by atoms with E-state index < -0.39 is 5.25 Å². The number of hydrogen-bond acceptors (Lipinski definition) is 5. The van der Waals surface area contributed by atoms with Crippen molar-refractivity contribution in [3.63, 3.8) is 0 Å². The number of carbonyl (C=O) groups excluding carboxylic acids is 3. The van der Waals surface area contributed by atoms with E-state index in [1.165, 1.54) is 0 Å². The quantitative estimate of drug-likeness (QED) is 0.409. The Morgan fingerprint density at radius 2 is 2.25 bits per heavy atom. The highest BCUT2D eigenvalue weighted by Crippen LogP contribution is 2.17. The Bertz CT molecular complexity index is 308. The van der Waals surface area contributed by atoms with Crippen LogP contribution in [0.25, 0.3) is 0 Å². The van der Waals surface area contributed by atoms with Gasteiger partial charge in [0.15, 0.2) is 0 Å². The van der Waals surface area contributed by atoms with Gasteiger partial charge in [0.2, 0.25) is 17.7 Å². The number of hydrogen-bond donors (Lipinski definition) is 3. The summed E-state index contributed by atoms with van der Waals surface area (Å²) in [5.74, 6) is -0.930. The van der Waals surface area contributed by atoms with E-state index in [1.54, 1.807) is 0 Å². The summed E-state index contributed by atoms with van der Waals surface area (Å²) >= 11 is 3.96. The predicted molar refractivity (Wildman–Crippen MR) is 58.8 cm³/mol. The molecule has 0 aliphatic carbocycles. The predicted octanol–water partition coefficient (Wildman–Crippen LogP) is -1.46. The molecule has 0 aromatic rings. The maximum Gasteiger partial charge on any atom is 0.242 e. The van der Waals surface area contributed by atoms with Crippen LogP contribution in [0.2, 0.25) is 0 Å². The van der Waals surface area contributed by atoms with Gasteiger partial charge in [-0.2, -0.15) is 12.6 Å². The maximum absolute atomic E-state index is 11.4. The smallest absolute Gasteiger partial charge is 0.242 e. The molecule has 6 nitrogen and oxygen atoms in total. The fourth-order valence-electron chi connectivity index (χ4n) is 1.40. The van der Waals surface area contributed by atoms with Gasteiger partial charge in [-0.25, -0.2) is 0 Å². The van der Waals surface area contributed by atoms with Crippen LogP contribution in [-0.2, 0) is 14.4 Å². The number of likely N-dealkylation sites (tertiary alicyclic amines) is 1. The highest BCUT2D eigenvalue weighted by Gasteiger charge is 2.36. The van der Waals surface area contributed by atoms with Crippen LogP contribution in [0.4, 0.5) is 0 Å². The Balaban J connectivity index is 2.35. The highest BCUT2D eigenvalue weighted by atomic mass is 32.1. The molecule has 1 rings (SSSR count). The molecule has 2 N–H and O–H groups in total. The van der Waals surface area contributed by atoms with E-state index in [4.69, 9.17) is 5.11 Å². The third-order valence-corrected chi connectivity index (χ3v) is 2.62. The van der Waals surface area contributed by atoms with E-state index >= 15 is 0 Å². The van der Waals surface area contributed by atoms with Crippen molar-refractivity contribution in [2.24, 2.45) is 0 Å². The van der Waals surface area contributed by atoms with Gasteiger partial charge in [0.1, 0.15) is 0 Å². The van der Waals surface area contributed by atoms with Crippen molar-refractivity contribution >= 4 is 30.4 Å². The summed E-state index contributed by atoms with van der Waals surface area (Å²) in [6, 6.07) is 0. The summed E-state index contributed by atoms with van der Waals surface area (Å²) in [7, 11) is 0. The second kappa shape index (κ2) is 5.86. The molecule has 3 amide bonds. The molecule has 1 aliphatic heterocycles. The van der Waals surface area contributed by atoms with Crippen LogP contribution in [0.1, 0.15) is 12.8 Å². The van der Waals surface area contributed by atoms with Gasteiger partial charge in [-0.15, -0.1) is 0 Å². The van der Waals surface area contributed by atoms with Gasteiger partial charge in [-0.05, 0) is 0 Å². The number of thiol groups is 1. The average molecular weight is 246 g/mol. The minimum atomic E-state index is -0.576. The average Bonchev–Trinajstić information content (AvgIpc) is 2.48. The lowest BCUT2D eigenvalue weighted by Gasteiger charge is -2.13. The van der Waals surface area contributed by atoms with Crippen LogP contribution >= 0.6 is 12.6 Å². The highest BCUT2D eigenvalue weighted by molar-refractivity contribution is 7.81. The molecule has 0 radical (unpaired) electrons. The standard InChI is InChI=1S/C9H14N2O4S/c12-4-2-10-7(13)1-3-11-8(14)5-6(16)9(11)15/h6,12,16H,1-5H2,(H,10,13). The largest absolute Gasteiger partial charge is 0.395 e. The third kappa shape index (κ3) is 3.21. The molecule has 0 aromatic heterocycles. The van der Waals surface area contributed by atoms with Gasteiger partial charge in [-0.1, -0.05) is 0 Å². The van der Waals surface area contributed by atoms with Gasteiger partial charge in [0.25, 0.3) is 0 Å². The van der Waals surface area contributed by atoms with E-state index in [0.29, 0.717) is 0 Å². The van der Waals surface area contributed by atoms with Crippen molar-refractivity contribution < 1.29 is 19.5 Å². The summed E-state index contributed by atoms with van der Waals surface area (Å²) in [6.07, 6.45) is 0.151. The van der Waals surface area contributed by atoms with Crippen molar-refractivity contribution in [3.05, 3.63) is 0 Å². The summed E-state index contributed by atoms with van der Waals surface area (Å²) in [5.41, 5.74) is 0. The first-order chi connectivity index (χ1) is 7.56. The zero-order valence-corrected chi connectivity index (χ0v) is 9.57. The van der Waals surface area contributed by atoms with E-state index in [0.717, 1.165) is 4.90 Å². The van der Waals surface area contributed by atoms with E-state index in [2.05, 4.69) is 17.9 Å². The second-order valence-electron chi connectivity index (χ2n) is 3.43. The van der Waals surface area contributed by atoms with Crippen LogP contribution in [-0.4, -0.2) is 52.7 Å². The van der Waals surface area contributed by atoms with Crippen LogP contribution in [0.15, 0.2) is 0 Å². The number of aliphatic hydroxyl groups excluding tert-OH is 1. The molecule has 1 unspecified atom stereocenters. The number of imide groups is 1. The minimum absolute atomic E-state index is 0.0535. The molecule has 0 spiro atoms. The Kier molecular flexibility index (Phi) is 4.75. The zero-order valence-electron chi connectivity index (χ0n) is 8.68. The molecule has 1 atom stereocenters. The van der Waals surface area contributed by atoms with Crippen LogP contribution in [0, 0.1) is 0 Å². The second-order valence-corrected chi connectivity index (χ2v) is 4.05. The van der Waals surface area contributed by atoms with E-state index in [1.807, 2.05) is 0 Å².